The number of aromatic amines is 1. The molecule has 58 valence electrons. The number of aliphatic hydroxyl groups is 1. The van der Waals surface area contributed by atoms with E-state index < -0.39 is 0 Å². The molecular formula is C5H10ClN3O. The average molecular weight is 164 g/mol. The SMILES string of the molecule is Cc1nc(CCO)n[nH]1.Cl. The zero-order valence-electron chi connectivity index (χ0n) is 5.66. The van der Waals surface area contributed by atoms with Gasteiger partial charge in [-0.3, -0.25) is 5.10 Å². The van der Waals surface area contributed by atoms with E-state index in [9.17, 15) is 0 Å². The minimum atomic E-state index is 0. The summed E-state index contributed by atoms with van der Waals surface area (Å²) >= 11 is 0. The first-order valence-electron chi connectivity index (χ1n) is 2.81. The molecule has 5 heteroatoms. The normalized spacial score (nSPS) is 9.00. The zero-order chi connectivity index (χ0) is 6.69. The molecule has 0 fully saturated rings. The highest BCUT2D eigenvalue weighted by atomic mass is 35.5. The molecule has 0 aliphatic carbocycles. The number of aromatic nitrogens is 3. The standard InChI is InChI=1S/C5H9N3O.ClH/c1-4-6-5(2-3-9)8-7-4;/h9H,2-3H2,1H3,(H,6,7,8);1H. The van der Waals surface area contributed by atoms with E-state index in [0.29, 0.717) is 12.2 Å². The predicted octanol–water partition coefficient (Wildman–Crippen LogP) is 0.0697. The van der Waals surface area contributed by atoms with Crippen LogP contribution in [-0.2, 0) is 6.42 Å². The molecule has 0 unspecified atom stereocenters. The zero-order valence-corrected chi connectivity index (χ0v) is 6.48. The number of hydrogen-bond donors (Lipinski definition) is 2. The van der Waals surface area contributed by atoms with Crippen molar-refractivity contribution in [3.8, 4) is 0 Å². The number of aliphatic hydroxyl groups excluding tert-OH is 1. The second kappa shape index (κ2) is 4.24. The summed E-state index contributed by atoms with van der Waals surface area (Å²) in [6.07, 6.45) is 0.532. The Bertz CT molecular complexity index is 189. The van der Waals surface area contributed by atoms with Gasteiger partial charge >= 0.3 is 0 Å². The van der Waals surface area contributed by atoms with E-state index in [1.165, 1.54) is 0 Å². The summed E-state index contributed by atoms with van der Waals surface area (Å²) in [7, 11) is 0. The molecule has 10 heavy (non-hydrogen) atoms. The van der Waals surface area contributed by atoms with E-state index in [-0.39, 0.29) is 19.0 Å². The molecule has 0 saturated carbocycles. The highest BCUT2D eigenvalue weighted by Gasteiger charge is 1.95. The van der Waals surface area contributed by atoms with Crippen LogP contribution in [0.25, 0.3) is 0 Å². The number of H-pyrrole nitrogens is 1. The molecule has 1 heterocycles. The lowest BCUT2D eigenvalue weighted by Crippen LogP contribution is -1.92. The number of nitrogens with zero attached hydrogens (tertiary/aromatic N) is 2. The Morgan fingerprint density at radius 2 is 2.30 bits per heavy atom. The third-order valence-corrected chi connectivity index (χ3v) is 0.979. The van der Waals surface area contributed by atoms with Crippen LogP contribution in [0.15, 0.2) is 0 Å². The van der Waals surface area contributed by atoms with Crippen molar-refractivity contribution in [1.29, 1.82) is 0 Å². The van der Waals surface area contributed by atoms with Crippen LogP contribution in [0.4, 0.5) is 0 Å². The molecule has 0 aromatic carbocycles. The van der Waals surface area contributed by atoms with Crippen LogP contribution in [0.1, 0.15) is 11.6 Å². The van der Waals surface area contributed by atoms with E-state index >= 15 is 0 Å². The molecule has 0 saturated heterocycles. The first kappa shape index (κ1) is 9.39. The molecule has 1 aromatic rings. The summed E-state index contributed by atoms with van der Waals surface area (Å²) in [6, 6.07) is 0. The molecule has 1 rings (SSSR count). The Morgan fingerprint density at radius 1 is 1.60 bits per heavy atom. The van der Waals surface area contributed by atoms with Crippen molar-refractivity contribution in [1.82, 2.24) is 15.2 Å². The smallest absolute Gasteiger partial charge is 0.152 e. The van der Waals surface area contributed by atoms with Crippen molar-refractivity contribution < 1.29 is 5.11 Å². The van der Waals surface area contributed by atoms with E-state index in [4.69, 9.17) is 5.11 Å². The van der Waals surface area contributed by atoms with Crippen LogP contribution in [0, 0.1) is 6.92 Å². The predicted molar refractivity (Wildman–Crippen MR) is 39.2 cm³/mol. The lowest BCUT2D eigenvalue weighted by atomic mass is 10.4. The summed E-state index contributed by atoms with van der Waals surface area (Å²) in [4.78, 5) is 3.97. The van der Waals surface area contributed by atoms with E-state index in [1.807, 2.05) is 6.92 Å². The molecule has 0 bridgehead atoms. The van der Waals surface area contributed by atoms with E-state index in [2.05, 4.69) is 15.2 Å². The Labute approximate surface area is 65.1 Å². The second-order valence-corrected chi connectivity index (χ2v) is 1.81. The average Bonchev–Trinajstić information content (AvgIpc) is 2.17. The van der Waals surface area contributed by atoms with Gasteiger partial charge in [-0.05, 0) is 6.92 Å². The van der Waals surface area contributed by atoms with Gasteiger partial charge in [-0.25, -0.2) is 4.98 Å². The van der Waals surface area contributed by atoms with Gasteiger partial charge in [0.15, 0.2) is 5.82 Å². The van der Waals surface area contributed by atoms with Crippen molar-refractivity contribution >= 4 is 12.4 Å². The summed E-state index contributed by atoms with van der Waals surface area (Å²) < 4.78 is 0. The van der Waals surface area contributed by atoms with Gasteiger partial charge in [0.1, 0.15) is 5.82 Å². The van der Waals surface area contributed by atoms with Gasteiger partial charge in [0.05, 0.1) is 6.61 Å². The maximum atomic E-state index is 8.44. The van der Waals surface area contributed by atoms with Gasteiger partial charge in [0.25, 0.3) is 0 Å². The van der Waals surface area contributed by atoms with Gasteiger partial charge in [-0.15, -0.1) is 12.4 Å². The number of halogens is 1. The van der Waals surface area contributed by atoms with Crippen molar-refractivity contribution in [3.05, 3.63) is 11.6 Å². The second-order valence-electron chi connectivity index (χ2n) is 1.81. The first-order chi connectivity index (χ1) is 4.33. The summed E-state index contributed by atoms with van der Waals surface area (Å²) in [5.74, 6) is 1.47. The van der Waals surface area contributed by atoms with Crippen LogP contribution in [-0.4, -0.2) is 26.9 Å². The minimum absolute atomic E-state index is 0. The number of aryl methyl sites for hydroxylation is 1. The molecule has 0 aliphatic heterocycles. The van der Waals surface area contributed by atoms with Crippen LogP contribution >= 0.6 is 12.4 Å². The highest BCUT2D eigenvalue weighted by molar-refractivity contribution is 5.85. The summed E-state index contributed by atoms with van der Waals surface area (Å²) in [6.45, 7) is 1.94. The lowest BCUT2D eigenvalue weighted by molar-refractivity contribution is 0.296. The minimum Gasteiger partial charge on any atom is -0.396 e. The molecule has 4 nitrogen and oxygen atoms in total. The van der Waals surface area contributed by atoms with E-state index in [1.54, 1.807) is 0 Å². The van der Waals surface area contributed by atoms with Crippen LogP contribution in [0.2, 0.25) is 0 Å². The van der Waals surface area contributed by atoms with Crippen molar-refractivity contribution in [2.45, 2.75) is 13.3 Å². The van der Waals surface area contributed by atoms with Crippen LogP contribution < -0.4 is 0 Å². The topological polar surface area (TPSA) is 61.8 Å². The van der Waals surface area contributed by atoms with Crippen molar-refractivity contribution in [2.24, 2.45) is 0 Å². The summed E-state index contributed by atoms with van der Waals surface area (Å²) in [5, 5.41) is 14.9. The Hall–Kier alpha value is -0.610. The first-order valence-corrected chi connectivity index (χ1v) is 2.81. The Balaban J connectivity index is 0.000000810. The van der Waals surface area contributed by atoms with Crippen molar-refractivity contribution in [2.75, 3.05) is 6.61 Å². The van der Waals surface area contributed by atoms with Gasteiger partial charge in [-0.2, -0.15) is 5.10 Å². The van der Waals surface area contributed by atoms with Gasteiger partial charge < -0.3 is 5.11 Å². The van der Waals surface area contributed by atoms with Crippen LogP contribution in [0.3, 0.4) is 0 Å². The molecule has 2 N–H and O–H groups in total. The molecule has 1 aromatic heterocycles. The maximum Gasteiger partial charge on any atom is 0.152 e. The fourth-order valence-electron chi connectivity index (χ4n) is 0.601. The number of nitrogens with one attached hydrogen (secondary N) is 1. The van der Waals surface area contributed by atoms with Gasteiger partial charge in [-0.1, -0.05) is 0 Å². The quantitative estimate of drug-likeness (QED) is 0.649. The molecule has 0 radical (unpaired) electrons. The molecule has 0 atom stereocenters. The largest absolute Gasteiger partial charge is 0.396 e. The van der Waals surface area contributed by atoms with Crippen molar-refractivity contribution in [3.63, 3.8) is 0 Å². The fourth-order valence-corrected chi connectivity index (χ4v) is 0.601. The lowest BCUT2D eigenvalue weighted by Gasteiger charge is -1.83. The number of hydrogen-bond acceptors (Lipinski definition) is 3. The Kier molecular flexibility index (Phi) is 3.99. The molecule has 0 aliphatic rings. The maximum absolute atomic E-state index is 8.44. The van der Waals surface area contributed by atoms with Gasteiger partial charge in [0.2, 0.25) is 0 Å². The van der Waals surface area contributed by atoms with E-state index in [0.717, 1.165) is 5.82 Å². The number of rotatable bonds is 2. The molecule has 0 amide bonds. The Morgan fingerprint density at radius 3 is 2.70 bits per heavy atom. The monoisotopic (exact) mass is 163 g/mol. The third kappa shape index (κ3) is 2.33. The highest BCUT2D eigenvalue weighted by Crippen LogP contribution is 1.89. The summed E-state index contributed by atoms with van der Waals surface area (Å²) in [5.41, 5.74) is 0. The fraction of sp³-hybridized carbons (Fsp3) is 0.600. The third-order valence-electron chi connectivity index (χ3n) is 0.979. The van der Waals surface area contributed by atoms with Crippen LogP contribution in [0.5, 0.6) is 0 Å². The molecular weight excluding hydrogens is 154 g/mol. The molecule has 0 spiro atoms. The van der Waals surface area contributed by atoms with Gasteiger partial charge in [0, 0.05) is 6.42 Å².